The van der Waals surface area contributed by atoms with Crippen molar-refractivity contribution in [3.63, 3.8) is 0 Å². The maximum absolute atomic E-state index is 4.48. The predicted octanol–water partition coefficient (Wildman–Crippen LogP) is 26.0. The van der Waals surface area contributed by atoms with Gasteiger partial charge < -0.3 is 9.80 Å². The number of nitrogens with zero attached hydrogens (tertiary/aromatic N) is 2. The van der Waals surface area contributed by atoms with Gasteiger partial charge in [0.05, 0.1) is 22.2 Å². The molecule has 0 spiro atoms. The van der Waals surface area contributed by atoms with Crippen LogP contribution in [-0.2, 0) is 10.8 Å². The van der Waals surface area contributed by atoms with Crippen LogP contribution in [0.1, 0.15) is 84.8 Å². The number of rotatable bonds is 16. The first-order valence-electron chi connectivity index (χ1n) is 34.4. The molecular formula is C97H76N2. The normalized spacial score (nSPS) is 15.2. The van der Waals surface area contributed by atoms with Crippen molar-refractivity contribution in [3.05, 3.63) is 425 Å². The van der Waals surface area contributed by atoms with E-state index >= 15 is 0 Å². The summed E-state index contributed by atoms with van der Waals surface area (Å²) in [6.07, 6.45) is 10.4. The highest BCUT2D eigenvalue weighted by molar-refractivity contribution is 6.02. The molecular weight excluding hydrogens is 1190 g/mol. The third-order valence-corrected chi connectivity index (χ3v) is 21.0. The third kappa shape index (κ3) is 10.2. The summed E-state index contributed by atoms with van der Waals surface area (Å²) in [6, 6.07) is 113. The van der Waals surface area contributed by atoms with E-state index < -0.39 is 10.8 Å². The van der Waals surface area contributed by atoms with Crippen LogP contribution in [-0.4, -0.2) is 0 Å². The summed E-state index contributed by atoms with van der Waals surface area (Å²) in [5, 5.41) is 4.73. The lowest BCUT2D eigenvalue weighted by molar-refractivity contribution is 0.753. The molecule has 0 saturated carbocycles. The zero-order chi connectivity index (χ0) is 67.5. The van der Waals surface area contributed by atoms with Crippen LogP contribution in [0.15, 0.2) is 347 Å². The molecule has 2 aliphatic rings. The number of benzene rings is 14. The Morgan fingerprint density at radius 2 is 0.717 bits per heavy atom. The van der Waals surface area contributed by atoms with Gasteiger partial charge in [0.2, 0.25) is 0 Å². The number of anilines is 6. The van der Waals surface area contributed by atoms with Gasteiger partial charge in [-0.2, -0.15) is 0 Å². The molecule has 0 N–H and O–H groups in total. The molecule has 0 aliphatic heterocycles. The lowest BCUT2D eigenvalue weighted by Crippen LogP contribution is -2.30. The van der Waals surface area contributed by atoms with E-state index in [2.05, 4.69) is 386 Å². The van der Waals surface area contributed by atoms with Crippen molar-refractivity contribution in [2.75, 3.05) is 9.80 Å². The van der Waals surface area contributed by atoms with Crippen molar-refractivity contribution in [2.45, 2.75) is 45.4 Å². The summed E-state index contributed by atoms with van der Waals surface area (Å²) in [5.74, 6) is 0. The second-order valence-corrected chi connectivity index (χ2v) is 26.7. The average molecular weight is 1270 g/mol. The van der Waals surface area contributed by atoms with E-state index in [-0.39, 0.29) is 0 Å². The highest BCUT2D eigenvalue weighted by Gasteiger charge is 2.49. The standard InChI is InChI=1S/C97H76N2/c1-9-21-90-82(12-4)86-56-54-80(62-92(86)96(90,76-46-34-68(10-2)35-47-76)88-58-32-64(5)60-66(88)7)98(94-30-19-24-74-22-13-15-26-83(74)94)78-50-42-72(43-51-78)70-38-40-71(41-39-70)73-44-52-79(53-45-73)99(95-31-20-25-75-23-14-16-27-84(75)95)81-55-57-87-85-28-17-18-29-91(85)97(93(87)63-81,77-48-36-69(11-3)37-49-77)89-59-33-65(6)61-67(89)8/h9-63H,2-4H2,1,5-8H3/b21-9-. The molecule has 0 saturated heterocycles. The first-order valence-corrected chi connectivity index (χ1v) is 34.4. The van der Waals surface area contributed by atoms with Crippen molar-refractivity contribution >= 4 is 73.4 Å². The molecule has 0 fully saturated rings. The Kier molecular flexibility index (Phi) is 15.7. The minimum absolute atomic E-state index is 0.593. The first-order chi connectivity index (χ1) is 48.5. The Labute approximate surface area is 583 Å². The number of aryl methyl sites for hydroxylation is 4. The molecule has 2 nitrogen and oxygen atoms in total. The van der Waals surface area contributed by atoms with Crippen LogP contribution in [0.25, 0.3) is 72.7 Å². The van der Waals surface area contributed by atoms with E-state index in [9.17, 15) is 0 Å². The summed E-state index contributed by atoms with van der Waals surface area (Å²) in [5.41, 5.74) is 31.7. The van der Waals surface area contributed by atoms with Gasteiger partial charge in [-0.25, -0.2) is 0 Å². The van der Waals surface area contributed by atoms with Gasteiger partial charge in [-0.05, 0) is 217 Å². The maximum Gasteiger partial charge on any atom is 0.0716 e. The van der Waals surface area contributed by atoms with Gasteiger partial charge in [0.15, 0.2) is 0 Å². The molecule has 0 amide bonds. The predicted molar refractivity (Wildman–Crippen MR) is 423 cm³/mol. The molecule has 14 aromatic carbocycles. The highest BCUT2D eigenvalue weighted by Crippen LogP contribution is 2.60. The van der Waals surface area contributed by atoms with E-state index in [1.807, 2.05) is 12.2 Å². The Bertz CT molecular complexity index is 5580. The minimum atomic E-state index is -0.660. The van der Waals surface area contributed by atoms with Crippen LogP contribution >= 0.6 is 0 Å². The summed E-state index contributed by atoms with van der Waals surface area (Å²) in [7, 11) is 0. The summed E-state index contributed by atoms with van der Waals surface area (Å²) in [6.45, 7) is 23.8. The van der Waals surface area contributed by atoms with Crippen LogP contribution in [0.2, 0.25) is 0 Å². The van der Waals surface area contributed by atoms with Gasteiger partial charge in [-0.1, -0.05) is 304 Å². The molecule has 2 unspecified atom stereocenters. The highest BCUT2D eigenvalue weighted by atomic mass is 15.1. The van der Waals surface area contributed by atoms with Crippen LogP contribution in [0.4, 0.5) is 34.1 Å². The topological polar surface area (TPSA) is 6.48 Å². The van der Waals surface area contributed by atoms with Crippen molar-refractivity contribution in [3.8, 4) is 33.4 Å². The van der Waals surface area contributed by atoms with Crippen LogP contribution in [0.3, 0.4) is 0 Å². The summed E-state index contributed by atoms with van der Waals surface area (Å²) >= 11 is 0. The fraction of sp³-hybridized carbons (Fsp3) is 0.0722. The average Bonchev–Trinajstić information content (AvgIpc) is 1.50. The number of allylic oxidation sites excluding steroid dienone is 5. The smallest absolute Gasteiger partial charge is 0.0716 e. The largest absolute Gasteiger partial charge is 0.310 e. The zero-order valence-electron chi connectivity index (χ0n) is 56.8. The minimum Gasteiger partial charge on any atom is -0.310 e. The van der Waals surface area contributed by atoms with Crippen molar-refractivity contribution in [2.24, 2.45) is 0 Å². The molecule has 16 rings (SSSR count). The number of hydrogen-bond acceptors (Lipinski definition) is 2. The molecule has 0 heterocycles. The quantitative estimate of drug-likeness (QED) is 0.0951. The van der Waals surface area contributed by atoms with E-state index in [1.54, 1.807) is 0 Å². The van der Waals surface area contributed by atoms with Gasteiger partial charge in [-0.3, -0.25) is 0 Å². The van der Waals surface area contributed by atoms with E-state index in [0.29, 0.717) is 0 Å². The van der Waals surface area contributed by atoms with Crippen LogP contribution in [0, 0.1) is 27.7 Å². The van der Waals surface area contributed by atoms with Crippen molar-refractivity contribution in [1.82, 2.24) is 0 Å². The Hall–Kier alpha value is -12.1. The molecule has 14 aromatic rings. The van der Waals surface area contributed by atoms with Crippen molar-refractivity contribution in [1.29, 1.82) is 0 Å². The van der Waals surface area contributed by atoms with E-state index in [0.717, 1.165) is 73.1 Å². The second kappa shape index (κ2) is 25.2. The fourth-order valence-corrected chi connectivity index (χ4v) is 16.6. The Balaban J connectivity index is 0.770. The van der Waals surface area contributed by atoms with Gasteiger partial charge in [0.1, 0.15) is 0 Å². The second-order valence-electron chi connectivity index (χ2n) is 26.7. The van der Waals surface area contributed by atoms with Crippen LogP contribution in [0.5, 0.6) is 0 Å². The number of fused-ring (bicyclic) bond motifs is 6. The maximum atomic E-state index is 4.48. The van der Waals surface area contributed by atoms with Gasteiger partial charge in [-0.15, -0.1) is 0 Å². The SMILES string of the molecule is C=CC1=C(/C=C\C)C(c2ccc(C=C)cc2)(c2ccc(C)cc2C)c2cc(N(c3ccc(-c4ccc(-c5ccc(N(c6ccc7c(c6)C(c6ccc(C=C)cc6)(c6ccc(C)cc6C)c6ccccc6-7)c6cccc7ccccc67)cc5)cc4)cc3)c3cccc4ccccc34)ccc21. The molecule has 2 heteroatoms. The lowest BCUT2D eigenvalue weighted by atomic mass is 9.65. The molecule has 0 radical (unpaired) electrons. The fourth-order valence-electron chi connectivity index (χ4n) is 16.6. The lowest BCUT2D eigenvalue weighted by Gasteiger charge is -2.37. The van der Waals surface area contributed by atoms with E-state index in [1.165, 1.54) is 105 Å². The van der Waals surface area contributed by atoms with Gasteiger partial charge >= 0.3 is 0 Å². The summed E-state index contributed by atoms with van der Waals surface area (Å²) < 4.78 is 0. The molecule has 99 heavy (non-hydrogen) atoms. The molecule has 0 bridgehead atoms. The van der Waals surface area contributed by atoms with Gasteiger partial charge in [0.25, 0.3) is 0 Å². The summed E-state index contributed by atoms with van der Waals surface area (Å²) in [4.78, 5) is 4.91. The van der Waals surface area contributed by atoms with Crippen LogP contribution < -0.4 is 9.80 Å². The third-order valence-electron chi connectivity index (χ3n) is 21.0. The molecule has 2 atom stereocenters. The zero-order valence-corrected chi connectivity index (χ0v) is 56.8. The van der Waals surface area contributed by atoms with Gasteiger partial charge in [0, 0.05) is 33.5 Å². The number of hydrogen-bond donors (Lipinski definition) is 0. The van der Waals surface area contributed by atoms with E-state index in [4.69, 9.17) is 0 Å². The first kappa shape index (κ1) is 61.8. The Morgan fingerprint density at radius 1 is 0.313 bits per heavy atom. The molecule has 0 aromatic heterocycles. The monoisotopic (exact) mass is 1270 g/mol. The Morgan fingerprint density at radius 3 is 1.19 bits per heavy atom. The molecule has 2 aliphatic carbocycles. The molecule has 474 valence electrons. The van der Waals surface area contributed by atoms with Crippen molar-refractivity contribution < 1.29 is 0 Å².